The number of alkyl halides is 1. The number of aliphatic carboxylic acids is 1. The van der Waals surface area contributed by atoms with Gasteiger partial charge >= 0.3 is 5.97 Å². The number of aryl methyl sites for hydroxylation is 1. The van der Waals surface area contributed by atoms with Gasteiger partial charge in [0.25, 0.3) is 0 Å². The van der Waals surface area contributed by atoms with Gasteiger partial charge in [0.1, 0.15) is 0 Å². The van der Waals surface area contributed by atoms with Crippen LogP contribution in [0.25, 0.3) is 0 Å². The van der Waals surface area contributed by atoms with Gasteiger partial charge in [-0.25, -0.2) is 4.79 Å². The summed E-state index contributed by atoms with van der Waals surface area (Å²) in [5.74, 6) is -0.706. The maximum absolute atomic E-state index is 10.8. The number of aliphatic hydroxyl groups excluding tert-OH is 1. The van der Waals surface area contributed by atoms with Crippen molar-refractivity contribution in [3.05, 3.63) is 29.3 Å². The number of aliphatic hydroxyl groups is 1. The third kappa shape index (κ3) is 3.91. The lowest BCUT2D eigenvalue weighted by Gasteiger charge is -2.13. The second-order valence-electron chi connectivity index (χ2n) is 3.60. The normalized spacial score (nSPS) is 12.4. The van der Waals surface area contributed by atoms with Crippen molar-refractivity contribution in [1.29, 1.82) is 0 Å². The van der Waals surface area contributed by atoms with Gasteiger partial charge in [0, 0.05) is 10.8 Å². The first-order valence-corrected chi connectivity index (χ1v) is 6.99. The van der Waals surface area contributed by atoms with E-state index in [9.17, 15) is 9.90 Å². The zero-order valence-electron chi connectivity index (χ0n) is 9.52. The molecular weight excluding hydrogens is 260 g/mol. The first-order chi connectivity index (χ1) is 8.10. The molecule has 3 nitrogen and oxygen atoms in total. The molecular formula is C12H15ClO3S. The van der Waals surface area contributed by atoms with Gasteiger partial charge in [-0.2, -0.15) is 0 Å². The summed E-state index contributed by atoms with van der Waals surface area (Å²) in [4.78, 5) is 11.8. The van der Waals surface area contributed by atoms with Gasteiger partial charge in [-0.1, -0.05) is 6.07 Å². The summed E-state index contributed by atoms with van der Waals surface area (Å²) in [6.45, 7) is 0. The molecule has 0 saturated heterocycles. The fraction of sp³-hybridized carbons (Fsp3) is 0.417. The van der Waals surface area contributed by atoms with Crippen LogP contribution < -0.4 is 0 Å². The molecule has 0 aliphatic heterocycles. The quantitative estimate of drug-likeness (QED) is 0.619. The Balaban J connectivity index is 3.06. The maximum Gasteiger partial charge on any atom is 0.337 e. The fourth-order valence-corrected chi connectivity index (χ4v) is 2.16. The van der Waals surface area contributed by atoms with E-state index in [-0.39, 0.29) is 0 Å². The topological polar surface area (TPSA) is 57.5 Å². The predicted molar refractivity (Wildman–Crippen MR) is 69.9 cm³/mol. The highest BCUT2D eigenvalue weighted by molar-refractivity contribution is 7.98. The van der Waals surface area contributed by atoms with Gasteiger partial charge in [0.05, 0.1) is 0 Å². The van der Waals surface area contributed by atoms with Crippen molar-refractivity contribution in [2.45, 2.75) is 23.8 Å². The van der Waals surface area contributed by atoms with E-state index in [4.69, 9.17) is 16.7 Å². The third-order valence-electron chi connectivity index (χ3n) is 2.46. The number of rotatable bonds is 6. The minimum Gasteiger partial charge on any atom is -0.479 e. The Hall–Kier alpha value is -0.710. The molecule has 0 aliphatic rings. The van der Waals surface area contributed by atoms with Crippen LogP contribution >= 0.6 is 23.4 Å². The van der Waals surface area contributed by atoms with Crippen LogP contribution in [-0.4, -0.2) is 28.3 Å². The van der Waals surface area contributed by atoms with Crippen molar-refractivity contribution in [3.63, 3.8) is 0 Å². The molecule has 94 valence electrons. The summed E-state index contributed by atoms with van der Waals surface area (Å²) < 4.78 is 0. The van der Waals surface area contributed by atoms with E-state index in [1.54, 1.807) is 6.07 Å². The predicted octanol–water partition coefficient (Wildman–Crippen LogP) is 2.70. The molecule has 0 spiro atoms. The molecule has 2 N–H and O–H groups in total. The zero-order chi connectivity index (χ0) is 12.8. The van der Waals surface area contributed by atoms with Crippen LogP contribution in [0.4, 0.5) is 0 Å². The van der Waals surface area contributed by atoms with E-state index in [0.29, 0.717) is 17.9 Å². The Bertz CT molecular complexity index is 395. The summed E-state index contributed by atoms with van der Waals surface area (Å²) in [6.07, 6.45) is 1.88. The molecule has 0 aromatic heterocycles. The number of halogens is 1. The second-order valence-corrected chi connectivity index (χ2v) is 4.86. The number of carbonyl (C=O) groups is 1. The Morgan fingerprint density at radius 3 is 2.76 bits per heavy atom. The van der Waals surface area contributed by atoms with Gasteiger partial charge in [-0.05, 0) is 42.4 Å². The molecule has 0 heterocycles. The molecule has 1 rings (SSSR count). The van der Waals surface area contributed by atoms with E-state index >= 15 is 0 Å². The lowest BCUT2D eigenvalue weighted by Crippen LogP contribution is -2.13. The number of hydrogen-bond acceptors (Lipinski definition) is 3. The molecule has 17 heavy (non-hydrogen) atoms. The number of benzene rings is 1. The summed E-state index contributed by atoms with van der Waals surface area (Å²) in [7, 11) is 0. The Kier molecular flexibility index (Phi) is 5.82. The smallest absolute Gasteiger partial charge is 0.337 e. The summed E-state index contributed by atoms with van der Waals surface area (Å²) in [5, 5.41) is 18.5. The average Bonchev–Trinajstić information content (AvgIpc) is 2.35. The molecule has 0 saturated carbocycles. The van der Waals surface area contributed by atoms with Crippen molar-refractivity contribution >= 4 is 29.3 Å². The number of thioether (sulfide) groups is 1. The molecule has 0 fully saturated rings. The van der Waals surface area contributed by atoms with E-state index in [0.717, 1.165) is 16.9 Å². The first kappa shape index (κ1) is 14.4. The van der Waals surface area contributed by atoms with Crippen molar-refractivity contribution < 1.29 is 15.0 Å². The molecule has 5 heteroatoms. The van der Waals surface area contributed by atoms with Crippen molar-refractivity contribution in [2.75, 3.05) is 12.1 Å². The average molecular weight is 275 g/mol. The summed E-state index contributed by atoms with van der Waals surface area (Å²) >= 11 is 7.14. The lowest BCUT2D eigenvalue weighted by atomic mass is 9.99. The molecule has 1 aromatic rings. The van der Waals surface area contributed by atoms with Gasteiger partial charge in [0.15, 0.2) is 6.10 Å². The van der Waals surface area contributed by atoms with Crippen LogP contribution in [0.3, 0.4) is 0 Å². The van der Waals surface area contributed by atoms with E-state index in [1.807, 2.05) is 18.4 Å². The maximum atomic E-state index is 10.8. The van der Waals surface area contributed by atoms with E-state index in [1.165, 1.54) is 11.8 Å². The highest BCUT2D eigenvalue weighted by Gasteiger charge is 2.19. The Labute approximate surface area is 110 Å². The Morgan fingerprint density at radius 2 is 2.24 bits per heavy atom. The largest absolute Gasteiger partial charge is 0.479 e. The number of hydrogen-bond donors (Lipinski definition) is 2. The standard InChI is InChI=1S/C12H15ClO3S/c1-17-9-5-4-8(3-2-6-13)10(7-9)11(14)12(15)16/h4-5,7,11,14H,2-3,6H2,1H3,(H,15,16). The van der Waals surface area contributed by atoms with Gasteiger partial charge < -0.3 is 10.2 Å². The van der Waals surface area contributed by atoms with Crippen LogP contribution in [0.15, 0.2) is 23.1 Å². The van der Waals surface area contributed by atoms with Gasteiger partial charge in [0.2, 0.25) is 0 Å². The third-order valence-corrected chi connectivity index (χ3v) is 3.45. The van der Waals surface area contributed by atoms with Crippen molar-refractivity contribution in [1.82, 2.24) is 0 Å². The zero-order valence-corrected chi connectivity index (χ0v) is 11.1. The molecule has 1 unspecified atom stereocenters. The SMILES string of the molecule is CSc1ccc(CCCCl)c(C(O)C(=O)O)c1. The number of carboxylic acid groups (broad SMARTS) is 1. The van der Waals surface area contributed by atoms with Crippen LogP contribution in [0.1, 0.15) is 23.7 Å². The summed E-state index contributed by atoms with van der Waals surface area (Å²) in [6, 6.07) is 5.51. The minimum atomic E-state index is -1.47. The van der Waals surface area contributed by atoms with Crippen LogP contribution in [0.2, 0.25) is 0 Å². The lowest BCUT2D eigenvalue weighted by molar-refractivity contribution is -0.147. The highest BCUT2D eigenvalue weighted by Crippen LogP contribution is 2.25. The van der Waals surface area contributed by atoms with E-state index < -0.39 is 12.1 Å². The van der Waals surface area contributed by atoms with Gasteiger partial charge in [-0.15, -0.1) is 23.4 Å². The molecule has 1 atom stereocenters. The monoisotopic (exact) mass is 274 g/mol. The van der Waals surface area contributed by atoms with Crippen LogP contribution in [-0.2, 0) is 11.2 Å². The molecule has 0 radical (unpaired) electrons. The molecule has 1 aromatic carbocycles. The molecule has 0 aliphatic carbocycles. The molecule has 0 bridgehead atoms. The Morgan fingerprint density at radius 1 is 1.53 bits per heavy atom. The summed E-state index contributed by atoms with van der Waals surface area (Å²) in [5.41, 5.74) is 1.31. The fourth-order valence-electron chi connectivity index (χ4n) is 1.57. The molecule has 0 amide bonds. The van der Waals surface area contributed by atoms with Crippen LogP contribution in [0.5, 0.6) is 0 Å². The highest BCUT2D eigenvalue weighted by atomic mass is 35.5. The first-order valence-electron chi connectivity index (χ1n) is 5.23. The van der Waals surface area contributed by atoms with Crippen LogP contribution in [0, 0.1) is 0 Å². The second kappa shape index (κ2) is 6.89. The van der Waals surface area contributed by atoms with E-state index in [2.05, 4.69) is 0 Å². The van der Waals surface area contributed by atoms with Crippen molar-refractivity contribution in [2.24, 2.45) is 0 Å². The minimum absolute atomic E-state index is 0.467. The van der Waals surface area contributed by atoms with Crippen molar-refractivity contribution in [3.8, 4) is 0 Å². The number of carboxylic acids is 1. The van der Waals surface area contributed by atoms with Gasteiger partial charge in [-0.3, -0.25) is 0 Å².